The Kier molecular flexibility index (Phi) is 4.77. The van der Waals surface area contributed by atoms with Crippen LogP contribution in [0.3, 0.4) is 0 Å². The van der Waals surface area contributed by atoms with Crippen molar-refractivity contribution in [2.75, 3.05) is 11.9 Å². The van der Waals surface area contributed by atoms with Gasteiger partial charge in [-0.1, -0.05) is 25.5 Å². The van der Waals surface area contributed by atoms with E-state index in [4.69, 9.17) is 0 Å². The minimum atomic E-state index is -4.33. The number of hydrogen-bond donors (Lipinski definition) is 1. The van der Waals surface area contributed by atoms with E-state index in [9.17, 15) is 13.2 Å². The molecule has 0 atom stereocenters. The molecule has 0 aliphatic rings. The van der Waals surface area contributed by atoms with Crippen molar-refractivity contribution in [3.8, 4) is 11.4 Å². The number of rotatable bonds is 5. The molecule has 3 nitrogen and oxygen atoms in total. The molecule has 0 saturated carbocycles. The number of anilines is 1. The third kappa shape index (κ3) is 4.18. The van der Waals surface area contributed by atoms with Gasteiger partial charge in [0.25, 0.3) is 0 Å². The van der Waals surface area contributed by atoms with E-state index in [1.54, 1.807) is 12.4 Å². The van der Waals surface area contributed by atoms with Gasteiger partial charge in [-0.05, 0) is 18.6 Å². The van der Waals surface area contributed by atoms with Crippen molar-refractivity contribution < 1.29 is 13.2 Å². The lowest BCUT2D eigenvalue weighted by atomic mass is 10.1. The molecule has 112 valence electrons. The van der Waals surface area contributed by atoms with Gasteiger partial charge < -0.3 is 5.32 Å². The molecule has 0 aliphatic heterocycles. The van der Waals surface area contributed by atoms with Crippen LogP contribution in [-0.4, -0.2) is 16.5 Å². The van der Waals surface area contributed by atoms with Crippen LogP contribution < -0.4 is 5.32 Å². The molecule has 1 aromatic heterocycles. The first-order valence-corrected chi connectivity index (χ1v) is 6.74. The summed E-state index contributed by atoms with van der Waals surface area (Å²) in [7, 11) is 0. The van der Waals surface area contributed by atoms with Crippen molar-refractivity contribution in [2.24, 2.45) is 0 Å². The Morgan fingerprint density at radius 2 is 1.67 bits per heavy atom. The molecular formula is C15H16F3N3. The summed E-state index contributed by atoms with van der Waals surface area (Å²) < 4.78 is 37.4. The fourth-order valence-corrected chi connectivity index (χ4v) is 1.79. The summed E-state index contributed by atoms with van der Waals surface area (Å²) >= 11 is 0. The van der Waals surface area contributed by atoms with Crippen molar-refractivity contribution in [3.05, 3.63) is 42.2 Å². The van der Waals surface area contributed by atoms with Gasteiger partial charge in [-0.15, -0.1) is 0 Å². The number of unbranched alkanes of at least 4 members (excludes halogenated alkanes) is 1. The molecule has 0 bridgehead atoms. The summed E-state index contributed by atoms with van der Waals surface area (Å²) in [5.41, 5.74) is 0.686. The summed E-state index contributed by atoms with van der Waals surface area (Å²) in [5, 5.41) is 3.18. The predicted molar refractivity (Wildman–Crippen MR) is 75.9 cm³/mol. The van der Waals surface area contributed by atoms with Gasteiger partial charge in [0.15, 0.2) is 5.82 Å². The lowest BCUT2D eigenvalue weighted by Crippen LogP contribution is -2.04. The summed E-state index contributed by atoms with van der Waals surface area (Å²) in [6.07, 6.45) is 1.09. The van der Waals surface area contributed by atoms with E-state index >= 15 is 0 Å². The van der Waals surface area contributed by atoms with Crippen molar-refractivity contribution in [1.82, 2.24) is 9.97 Å². The van der Waals surface area contributed by atoms with Crippen LogP contribution in [0.5, 0.6) is 0 Å². The first kappa shape index (κ1) is 15.3. The summed E-state index contributed by atoms with van der Waals surface area (Å²) in [4.78, 5) is 8.33. The van der Waals surface area contributed by atoms with Crippen molar-refractivity contribution in [1.29, 1.82) is 0 Å². The van der Waals surface area contributed by atoms with Crippen LogP contribution in [0.2, 0.25) is 0 Å². The zero-order valence-corrected chi connectivity index (χ0v) is 11.6. The molecule has 0 spiro atoms. The standard InChI is InChI=1S/C15H16F3N3/c1-2-3-8-19-13-9-20-14(21-10-13)11-4-6-12(7-5-11)15(16,17)18/h4-7,9-10,19H,2-3,8H2,1H3. The average molecular weight is 295 g/mol. The van der Waals surface area contributed by atoms with Gasteiger partial charge in [0.2, 0.25) is 0 Å². The van der Waals surface area contributed by atoms with Gasteiger partial charge in [0, 0.05) is 12.1 Å². The van der Waals surface area contributed by atoms with Crippen molar-refractivity contribution in [3.63, 3.8) is 0 Å². The van der Waals surface area contributed by atoms with Gasteiger partial charge in [-0.3, -0.25) is 0 Å². The fourth-order valence-electron chi connectivity index (χ4n) is 1.79. The van der Waals surface area contributed by atoms with Crippen LogP contribution >= 0.6 is 0 Å². The summed E-state index contributed by atoms with van der Waals surface area (Å²) in [5.74, 6) is 0.407. The molecule has 2 aromatic rings. The Hall–Kier alpha value is -2.11. The third-order valence-electron chi connectivity index (χ3n) is 2.98. The Balaban J connectivity index is 2.08. The maximum Gasteiger partial charge on any atom is 0.416 e. The number of alkyl halides is 3. The van der Waals surface area contributed by atoms with Crippen LogP contribution in [0.4, 0.5) is 18.9 Å². The van der Waals surface area contributed by atoms with E-state index in [-0.39, 0.29) is 0 Å². The summed E-state index contributed by atoms with van der Waals surface area (Å²) in [6, 6.07) is 4.82. The Morgan fingerprint density at radius 3 is 2.19 bits per heavy atom. The third-order valence-corrected chi connectivity index (χ3v) is 2.98. The van der Waals surface area contributed by atoms with E-state index in [1.807, 2.05) is 0 Å². The quantitative estimate of drug-likeness (QED) is 0.832. The Labute approximate surface area is 121 Å². The number of nitrogens with zero attached hydrogens (tertiary/aromatic N) is 2. The largest absolute Gasteiger partial charge is 0.416 e. The normalized spacial score (nSPS) is 11.4. The lowest BCUT2D eigenvalue weighted by molar-refractivity contribution is -0.137. The zero-order valence-electron chi connectivity index (χ0n) is 11.6. The molecular weight excluding hydrogens is 279 g/mol. The predicted octanol–water partition coefficient (Wildman–Crippen LogP) is 4.37. The highest BCUT2D eigenvalue weighted by Crippen LogP contribution is 2.30. The molecule has 0 fully saturated rings. The van der Waals surface area contributed by atoms with Gasteiger partial charge in [0.1, 0.15) is 0 Å². The monoisotopic (exact) mass is 295 g/mol. The topological polar surface area (TPSA) is 37.8 Å². The maximum absolute atomic E-state index is 12.5. The van der Waals surface area contributed by atoms with E-state index in [2.05, 4.69) is 22.2 Å². The zero-order chi connectivity index (χ0) is 15.3. The van der Waals surface area contributed by atoms with Crippen LogP contribution in [0.15, 0.2) is 36.7 Å². The van der Waals surface area contributed by atoms with Crippen LogP contribution in [0.25, 0.3) is 11.4 Å². The van der Waals surface area contributed by atoms with E-state index < -0.39 is 11.7 Å². The first-order chi connectivity index (χ1) is 10.0. The molecule has 2 rings (SSSR count). The average Bonchev–Trinajstić information content (AvgIpc) is 2.48. The lowest BCUT2D eigenvalue weighted by Gasteiger charge is -2.08. The highest BCUT2D eigenvalue weighted by Gasteiger charge is 2.30. The second kappa shape index (κ2) is 6.56. The van der Waals surface area contributed by atoms with E-state index in [0.29, 0.717) is 11.4 Å². The molecule has 21 heavy (non-hydrogen) atoms. The minimum absolute atomic E-state index is 0.407. The molecule has 0 radical (unpaired) electrons. The molecule has 0 amide bonds. The Bertz CT molecular complexity index is 562. The first-order valence-electron chi connectivity index (χ1n) is 6.74. The highest BCUT2D eigenvalue weighted by molar-refractivity contribution is 5.56. The van der Waals surface area contributed by atoms with E-state index in [0.717, 1.165) is 37.2 Å². The number of hydrogen-bond acceptors (Lipinski definition) is 3. The van der Waals surface area contributed by atoms with E-state index in [1.165, 1.54) is 12.1 Å². The van der Waals surface area contributed by atoms with Crippen molar-refractivity contribution in [2.45, 2.75) is 25.9 Å². The SMILES string of the molecule is CCCCNc1cnc(-c2ccc(C(F)(F)F)cc2)nc1. The summed E-state index contributed by atoms with van der Waals surface area (Å²) in [6.45, 7) is 2.95. The molecule has 1 N–H and O–H groups in total. The second-order valence-corrected chi connectivity index (χ2v) is 4.65. The molecule has 1 aromatic carbocycles. The van der Waals surface area contributed by atoms with Crippen molar-refractivity contribution >= 4 is 5.69 Å². The number of aromatic nitrogens is 2. The number of halogens is 3. The molecule has 0 saturated heterocycles. The second-order valence-electron chi connectivity index (χ2n) is 4.65. The molecule has 0 unspecified atom stereocenters. The Morgan fingerprint density at radius 1 is 1.05 bits per heavy atom. The maximum atomic E-state index is 12.5. The highest BCUT2D eigenvalue weighted by atomic mass is 19.4. The van der Waals surface area contributed by atoms with Crippen LogP contribution in [0.1, 0.15) is 25.3 Å². The number of benzene rings is 1. The van der Waals surface area contributed by atoms with Crippen LogP contribution in [-0.2, 0) is 6.18 Å². The fraction of sp³-hybridized carbons (Fsp3) is 0.333. The molecule has 0 aliphatic carbocycles. The van der Waals surface area contributed by atoms with Gasteiger partial charge in [-0.25, -0.2) is 9.97 Å². The smallest absolute Gasteiger partial charge is 0.383 e. The molecule has 1 heterocycles. The minimum Gasteiger partial charge on any atom is -0.383 e. The van der Waals surface area contributed by atoms with Gasteiger partial charge in [-0.2, -0.15) is 13.2 Å². The van der Waals surface area contributed by atoms with Gasteiger partial charge >= 0.3 is 6.18 Å². The van der Waals surface area contributed by atoms with Gasteiger partial charge in [0.05, 0.1) is 23.6 Å². The molecule has 6 heteroatoms. The number of nitrogens with one attached hydrogen (secondary N) is 1. The van der Waals surface area contributed by atoms with Crippen LogP contribution in [0, 0.1) is 0 Å².